The number of nitrogens with one attached hydrogen (secondary N) is 1. The molecule has 1 heterocycles. The minimum absolute atomic E-state index is 0.292. The van der Waals surface area contributed by atoms with E-state index in [1.165, 1.54) is 0 Å². The summed E-state index contributed by atoms with van der Waals surface area (Å²) in [5.74, 6) is 0.694. The molecule has 1 rings (SSSR count). The van der Waals surface area contributed by atoms with Crippen LogP contribution in [0.4, 0.5) is 0 Å². The van der Waals surface area contributed by atoms with E-state index < -0.39 is 0 Å². The van der Waals surface area contributed by atoms with Crippen LogP contribution in [0.25, 0.3) is 0 Å². The molecule has 0 aliphatic carbocycles. The van der Waals surface area contributed by atoms with E-state index in [1.807, 2.05) is 6.92 Å². The Balaban J connectivity index is 1.88. The maximum absolute atomic E-state index is 5.86. The topological polar surface area (TPSA) is 39.7 Å². The van der Waals surface area contributed by atoms with E-state index in [4.69, 9.17) is 14.2 Å². The second kappa shape index (κ2) is 10.7. The van der Waals surface area contributed by atoms with Crippen molar-refractivity contribution < 1.29 is 14.2 Å². The molecule has 0 aromatic carbocycles. The lowest BCUT2D eigenvalue weighted by atomic mass is 10.0. The lowest BCUT2D eigenvalue weighted by Gasteiger charge is -2.23. The van der Waals surface area contributed by atoms with E-state index in [9.17, 15) is 0 Å². The van der Waals surface area contributed by atoms with Gasteiger partial charge in [-0.05, 0) is 45.6 Å². The third-order valence-corrected chi connectivity index (χ3v) is 3.24. The molecule has 1 saturated heterocycles. The lowest BCUT2D eigenvalue weighted by Crippen LogP contribution is -2.30. The molecule has 1 atom stereocenters. The van der Waals surface area contributed by atoms with Crippen LogP contribution in [0, 0.1) is 5.92 Å². The molecule has 0 radical (unpaired) electrons. The van der Waals surface area contributed by atoms with Gasteiger partial charge in [0.05, 0.1) is 6.10 Å². The molecule has 1 N–H and O–H groups in total. The monoisotopic (exact) mass is 259 g/mol. The molecular formula is C14H29NO3. The fourth-order valence-electron chi connectivity index (χ4n) is 2.02. The Kier molecular flexibility index (Phi) is 9.48. The minimum atomic E-state index is 0.292. The summed E-state index contributed by atoms with van der Waals surface area (Å²) in [6.45, 7) is 10.4. The summed E-state index contributed by atoms with van der Waals surface area (Å²) in [5.41, 5.74) is 0. The zero-order valence-corrected chi connectivity index (χ0v) is 12.0. The Morgan fingerprint density at radius 1 is 1.33 bits per heavy atom. The van der Waals surface area contributed by atoms with Crippen molar-refractivity contribution in [3.8, 4) is 0 Å². The van der Waals surface area contributed by atoms with E-state index in [0.29, 0.717) is 12.0 Å². The summed E-state index contributed by atoms with van der Waals surface area (Å²) < 4.78 is 16.5. The van der Waals surface area contributed by atoms with Gasteiger partial charge < -0.3 is 19.5 Å². The highest BCUT2D eigenvalue weighted by Gasteiger charge is 2.14. The van der Waals surface area contributed by atoms with Gasteiger partial charge in [-0.3, -0.25) is 0 Å². The van der Waals surface area contributed by atoms with Crippen molar-refractivity contribution in [1.82, 2.24) is 5.32 Å². The predicted molar refractivity (Wildman–Crippen MR) is 72.9 cm³/mol. The standard InChI is InChI=1S/C14H29NO3/c1-3-16-8-4-7-15-11-13(2)18-12-14-5-9-17-10-6-14/h13-15H,3-12H2,1-2H3. The molecule has 18 heavy (non-hydrogen) atoms. The van der Waals surface area contributed by atoms with Crippen LogP contribution in [-0.2, 0) is 14.2 Å². The van der Waals surface area contributed by atoms with Gasteiger partial charge in [0.1, 0.15) is 0 Å². The molecular weight excluding hydrogens is 230 g/mol. The number of hydrogen-bond acceptors (Lipinski definition) is 4. The van der Waals surface area contributed by atoms with Crippen molar-refractivity contribution >= 4 is 0 Å². The molecule has 0 spiro atoms. The van der Waals surface area contributed by atoms with Crippen LogP contribution in [0.15, 0.2) is 0 Å². The largest absolute Gasteiger partial charge is 0.382 e. The van der Waals surface area contributed by atoms with Crippen molar-refractivity contribution in [2.45, 2.75) is 39.2 Å². The van der Waals surface area contributed by atoms with Gasteiger partial charge in [0.2, 0.25) is 0 Å². The Morgan fingerprint density at radius 3 is 2.83 bits per heavy atom. The summed E-state index contributed by atoms with van der Waals surface area (Å²) in [4.78, 5) is 0. The summed E-state index contributed by atoms with van der Waals surface area (Å²) in [6, 6.07) is 0. The first kappa shape index (κ1) is 15.9. The normalized spacial score (nSPS) is 19.0. The molecule has 0 bridgehead atoms. The van der Waals surface area contributed by atoms with Crippen LogP contribution in [0.5, 0.6) is 0 Å². The molecule has 4 heteroatoms. The van der Waals surface area contributed by atoms with Crippen molar-refractivity contribution in [2.75, 3.05) is 46.1 Å². The second-order valence-corrected chi connectivity index (χ2v) is 4.95. The number of hydrogen-bond donors (Lipinski definition) is 1. The molecule has 0 amide bonds. The third kappa shape index (κ3) is 8.03. The molecule has 108 valence electrons. The van der Waals surface area contributed by atoms with Gasteiger partial charge >= 0.3 is 0 Å². The highest BCUT2D eigenvalue weighted by atomic mass is 16.5. The van der Waals surface area contributed by atoms with Crippen LogP contribution in [0.3, 0.4) is 0 Å². The molecule has 1 unspecified atom stereocenters. The molecule has 1 aliphatic rings. The summed E-state index contributed by atoms with van der Waals surface area (Å²) in [7, 11) is 0. The lowest BCUT2D eigenvalue weighted by molar-refractivity contribution is -0.00439. The molecule has 0 aromatic heterocycles. The minimum Gasteiger partial charge on any atom is -0.382 e. The summed E-state index contributed by atoms with van der Waals surface area (Å²) in [5, 5.41) is 3.40. The van der Waals surface area contributed by atoms with Crippen molar-refractivity contribution in [2.24, 2.45) is 5.92 Å². The van der Waals surface area contributed by atoms with Gasteiger partial charge in [0.25, 0.3) is 0 Å². The smallest absolute Gasteiger partial charge is 0.0671 e. The van der Waals surface area contributed by atoms with Gasteiger partial charge in [-0.2, -0.15) is 0 Å². The Bertz CT molecular complexity index is 184. The highest BCUT2D eigenvalue weighted by molar-refractivity contribution is 4.64. The number of ether oxygens (including phenoxy) is 3. The predicted octanol–water partition coefficient (Wildman–Crippen LogP) is 1.83. The van der Waals surface area contributed by atoms with Gasteiger partial charge in [-0.1, -0.05) is 0 Å². The van der Waals surface area contributed by atoms with E-state index >= 15 is 0 Å². The van der Waals surface area contributed by atoms with E-state index in [0.717, 1.165) is 65.4 Å². The van der Waals surface area contributed by atoms with Gasteiger partial charge in [0, 0.05) is 39.6 Å². The maximum atomic E-state index is 5.86. The quantitative estimate of drug-likeness (QED) is 0.608. The average molecular weight is 259 g/mol. The SMILES string of the molecule is CCOCCCNCC(C)OCC1CCOCC1. The van der Waals surface area contributed by atoms with Crippen molar-refractivity contribution in [3.63, 3.8) is 0 Å². The molecule has 0 saturated carbocycles. The first-order chi connectivity index (χ1) is 8.83. The van der Waals surface area contributed by atoms with Gasteiger partial charge in [-0.25, -0.2) is 0 Å². The van der Waals surface area contributed by atoms with Crippen LogP contribution >= 0.6 is 0 Å². The molecule has 1 fully saturated rings. The van der Waals surface area contributed by atoms with E-state index in [2.05, 4.69) is 12.2 Å². The number of rotatable bonds is 10. The third-order valence-electron chi connectivity index (χ3n) is 3.24. The Morgan fingerprint density at radius 2 is 2.11 bits per heavy atom. The van der Waals surface area contributed by atoms with Gasteiger partial charge in [-0.15, -0.1) is 0 Å². The second-order valence-electron chi connectivity index (χ2n) is 4.95. The summed E-state index contributed by atoms with van der Waals surface area (Å²) >= 11 is 0. The highest BCUT2D eigenvalue weighted by Crippen LogP contribution is 2.15. The summed E-state index contributed by atoms with van der Waals surface area (Å²) in [6.07, 6.45) is 3.66. The zero-order valence-electron chi connectivity index (χ0n) is 12.0. The molecule has 0 aromatic rings. The Hall–Kier alpha value is -0.160. The maximum Gasteiger partial charge on any atom is 0.0671 e. The first-order valence-electron chi connectivity index (χ1n) is 7.30. The van der Waals surface area contributed by atoms with E-state index in [-0.39, 0.29) is 0 Å². The van der Waals surface area contributed by atoms with Crippen molar-refractivity contribution in [1.29, 1.82) is 0 Å². The fourth-order valence-corrected chi connectivity index (χ4v) is 2.02. The van der Waals surface area contributed by atoms with Crippen LogP contribution in [0.1, 0.15) is 33.1 Å². The Labute approximate surface area is 111 Å². The van der Waals surface area contributed by atoms with Gasteiger partial charge in [0.15, 0.2) is 0 Å². The van der Waals surface area contributed by atoms with Crippen LogP contribution in [0.2, 0.25) is 0 Å². The molecule has 4 nitrogen and oxygen atoms in total. The first-order valence-corrected chi connectivity index (χ1v) is 7.30. The van der Waals surface area contributed by atoms with Crippen molar-refractivity contribution in [3.05, 3.63) is 0 Å². The zero-order chi connectivity index (χ0) is 13.1. The average Bonchev–Trinajstić information content (AvgIpc) is 2.41. The van der Waals surface area contributed by atoms with E-state index in [1.54, 1.807) is 0 Å². The molecule has 1 aliphatic heterocycles. The fraction of sp³-hybridized carbons (Fsp3) is 1.00. The van der Waals surface area contributed by atoms with Crippen LogP contribution in [-0.4, -0.2) is 52.2 Å². The van der Waals surface area contributed by atoms with Crippen LogP contribution < -0.4 is 5.32 Å².